The molecule has 0 aromatic heterocycles. The molecule has 2 aromatic rings. The highest BCUT2D eigenvalue weighted by Gasteiger charge is 2.14. The molecule has 1 amide bonds. The van der Waals surface area contributed by atoms with E-state index in [9.17, 15) is 4.79 Å². The predicted molar refractivity (Wildman–Crippen MR) is 96.8 cm³/mol. The largest absolute Gasteiger partial charge is 0.484 e. The highest BCUT2D eigenvalue weighted by Crippen LogP contribution is 2.24. The van der Waals surface area contributed by atoms with E-state index >= 15 is 0 Å². The van der Waals surface area contributed by atoms with E-state index in [1.807, 2.05) is 30.3 Å². The van der Waals surface area contributed by atoms with Crippen LogP contribution in [0.25, 0.3) is 10.8 Å². The second-order valence-corrected chi connectivity index (χ2v) is 7.11. The molecule has 1 aliphatic rings. The van der Waals surface area contributed by atoms with Crippen molar-refractivity contribution < 1.29 is 9.53 Å². The summed E-state index contributed by atoms with van der Waals surface area (Å²) in [4.78, 5) is 12.1. The van der Waals surface area contributed by atoms with Crippen molar-refractivity contribution in [3.05, 3.63) is 40.9 Å². The lowest BCUT2D eigenvalue weighted by atomic mass is 10.1. The molecular weight excluding hydrogens is 354 g/mol. The van der Waals surface area contributed by atoms with E-state index in [1.54, 1.807) is 0 Å². The maximum atomic E-state index is 12.1. The zero-order chi connectivity index (χ0) is 16.1. The molecule has 1 saturated carbocycles. The van der Waals surface area contributed by atoms with Crippen molar-refractivity contribution >= 4 is 32.6 Å². The number of amides is 1. The van der Waals surface area contributed by atoms with Gasteiger partial charge in [0.05, 0.1) is 0 Å². The Labute approximate surface area is 145 Å². The van der Waals surface area contributed by atoms with E-state index in [0.29, 0.717) is 6.04 Å². The van der Waals surface area contributed by atoms with E-state index in [0.717, 1.165) is 33.8 Å². The molecule has 4 heteroatoms. The number of nitrogens with one attached hydrogen (secondary N) is 1. The summed E-state index contributed by atoms with van der Waals surface area (Å²) in [7, 11) is 0. The number of carbonyl (C=O) groups is 1. The first kappa shape index (κ1) is 16.3. The van der Waals surface area contributed by atoms with E-state index in [1.165, 1.54) is 25.7 Å². The smallest absolute Gasteiger partial charge is 0.258 e. The van der Waals surface area contributed by atoms with E-state index in [-0.39, 0.29) is 12.5 Å². The number of hydrogen-bond donors (Lipinski definition) is 1. The van der Waals surface area contributed by atoms with Gasteiger partial charge in [0, 0.05) is 10.5 Å². The maximum Gasteiger partial charge on any atom is 0.258 e. The van der Waals surface area contributed by atoms with Gasteiger partial charge < -0.3 is 10.1 Å². The van der Waals surface area contributed by atoms with Crippen molar-refractivity contribution in [3.63, 3.8) is 0 Å². The molecule has 122 valence electrons. The second kappa shape index (κ2) is 7.82. The highest BCUT2D eigenvalue weighted by molar-refractivity contribution is 9.10. The average molecular weight is 376 g/mol. The SMILES string of the molecule is O=C(COc1ccc2cc(Br)ccc2c1)NC1CCCCCC1. The van der Waals surface area contributed by atoms with E-state index in [4.69, 9.17) is 4.74 Å². The third-order valence-corrected chi connectivity index (χ3v) is 4.86. The van der Waals surface area contributed by atoms with Gasteiger partial charge in [0.2, 0.25) is 0 Å². The summed E-state index contributed by atoms with van der Waals surface area (Å²) in [5.74, 6) is 0.712. The molecule has 1 aliphatic carbocycles. The van der Waals surface area contributed by atoms with Crippen LogP contribution in [0.1, 0.15) is 38.5 Å². The topological polar surface area (TPSA) is 38.3 Å². The van der Waals surface area contributed by atoms with Gasteiger partial charge >= 0.3 is 0 Å². The van der Waals surface area contributed by atoms with Gasteiger partial charge in [0.15, 0.2) is 6.61 Å². The summed E-state index contributed by atoms with van der Waals surface area (Å²) >= 11 is 3.47. The number of hydrogen-bond acceptors (Lipinski definition) is 2. The van der Waals surface area contributed by atoms with Crippen molar-refractivity contribution in [1.82, 2.24) is 5.32 Å². The predicted octanol–water partition coefficient (Wildman–Crippen LogP) is 4.82. The van der Waals surface area contributed by atoms with Gasteiger partial charge in [-0.1, -0.05) is 53.7 Å². The van der Waals surface area contributed by atoms with Crippen LogP contribution in [0.5, 0.6) is 5.75 Å². The van der Waals surface area contributed by atoms with Gasteiger partial charge in [-0.2, -0.15) is 0 Å². The number of carbonyl (C=O) groups excluding carboxylic acids is 1. The fourth-order valence-electron chi connectivity index (χ4n) is 3.13. The summed E-state index contributed by atoms with van der Waals surface area (Å²) in [6, 6.07) is 12.3. The normalized spacial score (nSPS) is 16.0. The maximum absolute atomic E-state index is 12.1. The molecule has 23 heavy (non-hydrogen) atoms. The first-order chi connectivity index (χ1) is 11.2. The first-order valence-electron chi connectivity index (χ1n) is 8.32. The number of fused-ring (bicyclic) bond motifs is 1. The van der Waals surface area contributed by atoms with Crippen LogP contribution in [0.3, 0.4) is 0 Å². The quantitative estimate of drug-likeness (QED) is 0.777. The molecule has 0 atom stereocenters. The zero-order valence-corrected chi connectivity index (χ0v) is 14.8. The number of benzene rings is 2. The minimum Gasteiger partial charge on any atom is -0.484 e. The monoisotopic (exact) mass is 375 g/mol. The molecular formula is C19H22BrNO2. The van der Waals surface area contributed by atoms with Crippen LogP contribution in [-0.4, -0.2) is 18.6 Å². The standard InChI is InChI=1S/C19H22BrNO2/c20-16-9-7-15-12-18(10-8-14(15)11-16)23-13-19(22)21-17-5-3-1-2-4-6-17/h7-12,17H,1-6,13H2,(H,21,22). The van der Waals surface area contributed by atoms with Crippen LogP contribution in [0.2, 0.25) is 0 Å². The summed E-state index contributed by atoms with van der Waals surface area (Å²) in [5.41, 5.74) is 0. The average Bonchev–Trinajstić information content (AvgIpc) is 2.81. The summed E-state index contributed by atoms with van der Waals surface area (Å²) in [6.45, 7) is 0.0819. The molecule has 0 aliphatic heterocycles. The Balaban J connectivity index is 1.55. The number of rotatable bonds is 4. The minimum absolute atomic E-state index is 0.0206. The van der Waals surface area contributed by atoms with Crippen LogP contribution in [0.15, 0.2) is 40.9 Å². The first-order valence-corrected chi connectivity index (χ1v) is 9.11. The summed E-state index contributed by atoms with van der Waals surface area (Å²) < 4.78 is 6.71. The van der Waals surface area contributed by atoms with Gasteiger partial charge in [-0.3, -0.25) is 4.79 Å². The van der Waals surface area contributed by atoms with Crippen LogP contribution < -0.4 is 10.1 Å². The Bertz CT molecular complexity index is 678. The lowest BCUT2D eigenvalue weighted by molar-refractivity contribution is -0.123. The van der Waals surface area contributed by atoms with Gasteiger partial charge in [0.1, 0.15) is 5.75 Å². The van der Waals surface area contributed by atoms with Crippen molar-refractivity contribution in [1.29, 1.82) is 0 Å². The van der Waals surface area contributed by atoms with Crippen molar-refractivity contribution in [3.8, 4) is 5.75 Å². The van der Waals surface area contributed by atoms with Crippen LogP contribution in [0, 0.1) is 0 Å². The molecule has 3 rings (SSSR count). The molecule has 0 unspecified atom stereocenters. The number of ether oxygens (including phenoxy) is 1. The third-order valence-electron chi connectivity index (χ3n) is 4.36. The highest BCUT2D eigenvalue weighted by atomic mass is 79.9. The molecule has 1 N–H and O–H groups in total. The van der Waals surface area contributed by atoms with Gasteiger partial charge in [-0.15, -0.1) is 0 Å². The lowest BCUT2D eigenvalue weighted by Crippen LogP contribution is -2.37. The van der Waals surface area contributed by atoms with E-state index < -0.39 is 0 Å². The van der Waals surface area contributed by atoms with Gasteiger partial charge in [-0.05, 0) is 47.9 Å². The molecule has 3 nitrogen and oxygen atoms in total. The Morgan fingerprint density at radius 3 is 2.52 bits per heavy atom. The van der Waals surface area contributed by atoms with Gasteiger partial charge in [-0.25, -0.2) is 0 Å². The molecule has 1 fully saturated rings. The zero-order valence-electron chi connectivity index (χ0n) is 13.2. The van der Waals surface area contributed by atoms with E-state index in [2.05, 4.69) is 27.3 Å². The van der Waals surface area contributed by atoms with Crippen molar-refractivity contribution in [2.75, 3.05) is 6.61 Å². The number of halogens is 1. The minimum atomic E-state index is -0.0206. The Morgan fingerprint density at radius 1 is 1.04 bits per heavy atom. The second-order valence-electron chi connectivity index (χ2n) is 6.20. The lowest BCUT2D eigenvalue weighted by Gasteiger charge is -2.16. The van der Waals surface area contributed by atoms with Crippen LogP contribution >= 0.6 is 15.9 Å². The van der Waals surface area contributed by atoms with Crippen molar-refractivity contribution in [2.24, 2.45) is 0 Å². The fraction of sp³-hybridized carbons (Fsp3) is 0.421. The summed E-state index contributed by atoms with van der Waals surface area (Å²) in [6.07, 6.45) is 7.19. The van der Waals surface area contributed by atoms with Gasteiger partial charge in [0.25, 0.3) is 5.91 Å². The molecule has 0 saturated heterocycles. The molecule has 0 radical (unpaired) electrons. The Hall–Kier alpha value is -1.55. The Morgan fingerprint density at radius 2 is 1.74 bits per heavy atom. The molecule has 0 heterocycles. The van der Waals surface area contributed by atoms with Crippen molar-refractivity contribution in [2.45, 2.75) is 44.6 Å². The molecule has 2 aromatic carbocycles. The van der Waals surface area contributed by atoms with Crippen LogP contribution in [-0.2, 0) is 4.79 Å². The third kappa shape index (κ3) is 4.71. The Kier molecular flexibility index (Phi) is 5.55. The molecule has 0 bridgehead atoms. The fourth-order valence-corrected chi connectivity index (χ4v) is 3.51. The van der Waals surface area contributed by atoms with Crippen LogP contribution in [0.4, 0.5) is 0 Å². The molecule has 0 spiro atoms. The summed E-state index contributed by atoms with van der Waals surface area (Å²) in [5, 5.41) is 5.36.